The lowest BCUT2D eigenvalue weighted by atomic mass is 10.0. The quantitative estimate of drug-likeness (QED) is 0.638. The predicted molar refractivity (Wildman–Crippen MR) is 48.9 cm³/mol. The summed E-state index contributed by atoms with van der Waals surface area (Å²) >= 11 is 0. The minimum atomic E-state index is 0.0325. The SMILES string of the molecule is CCCOC(C)(CC)CNC. The molecule has 11 heavy (non-hydrogen) atoms. The molecule has 0 aliphatic heterocycles. The third kappa shape index (κ3) is 4.38. The van der Waals surface area contributed by atoms with Gasteiger partial charge in [0.15, 0.2) is 0 Å². The van der Waals surface area contributed by atoms with Gasteiger partial charge < -0.3 is 10.1 Å². The minimum Gasteiger partial charge on any atom is -0.374 e. The van der Waals surface area contributed by atoms with Crippen molar-refractivity contribution >= 4 is 0 Å². The Morgan fingerprint density at radius 3 is 2.36 bits per heavy atom. The van der Waals surface area contributed by atoms with Crippen molar-refractivity contribution in [1.29, 1.82) is 0 Å². The third-order valence-corrected chi connectivity index (χ3v) is 1.95. The summed E-state index contributed by atoms with van der Waals surface area (Å²) in [6, 6.07) is 0. The van der Waals surface area contributed by atoms with Crippen LogP contribution in [0.4, 0.5) is 0 Å². The van der Waals surface area contributed by atoms with Crippen LogP contribution >= 0.6 is 0 Å². The van der Waals surface area contributed by atoms with Gasteiger partial charge in [0, 0.05) is 13.2 Å². The van der Waals surface area contributed by atoms with Gasteiger partial charge in [-0.15, -0.1) is 0 Å². The molecule has 0 amide bonds. The van der Waals surface area contributed by atoms with E-state index in [1.54, 1.807) is 0 Å². The van der Waals surface area contributed by atoms with E-state index in [1.165, 1.54) is 0 Å². The summed E-state index contributed by atoms with van der Waals surface area (Å²) in [5, 5.41) is 3.14. The van der Waals surface area contributed by atoms with Crippen molar-refractivity contribution in [1.82, 2.24) is 5.32 Å². The lowest BCUT2D eigenvalue weighted by Gasteiger charge is -2.28. The Labute approximate surface area is 70.3 Å². The van der Waals surface area contributed by atoms with E-state index in [-0.39, 0.29) is 5.60 Å². The molecule has 0 aliphatic carbocycles. The Morgan fingerprint density at radius 1 is 1.36 bits per heavy atom. The summed E-state index contributed by atoms with van der Waals surface area (Å²) in [6.07, 6.45) is 2.16. The monoisotopic (exact) mass is 159 g/mol. The Morgan fingerprint density at radius 2 is 2.00 bits per heavy atom. The molecule has 2 nitrogen and oxygen atoms in total. The van der Waals surface area contributed by atoms with E-state index in [1.807, 2.05) is 7.05 Å². The van der Waals surface area contributed by atoms with Crippen molar-refractivity contribution in [3.05, 3.63) is 0 Å². The highest BCUT2D eigenvalue weighted by Crippen LogP contribution is 2.13. The molecular formula is C9H21NO. The molecular weight excluding hydrogens is 138 g/mol. The van der Waals surface area contributed by atoms with Gasteiger partial charge in [0.1, 0.15) is 0 Å². The van der Waals surface area contributed by atoms with Gasteiger partial charge in [-0.1, -0.05) is 13.8 Å². The Kier molecular flexibility index (Phi) is 5.51. The van der Waals surface area contributed by atoms with Gasteiger partial charge in [0.2, 0.25) is 0 Å². The van der Waals surface area contributed by atoms with Crippen molar-refractivity contribution in [2.75, 3.05) is 20.2 Å². The molecule has 0 spiro atoms. The number of rotatable bonds is 6. The molecule has 0 aromatic heterocycles. The van der Waals surface area contributed by atoms with Crippen molar-refractivity contribution in [3.63, 3.8) is 0 Å². The normalized spacial score (nSPS) is 16.4. The molecule has 2 heteroatoms. The smallest absolute Gasteiger partial charge is 0.0775 e. The molecule has 1 atom stereocenters. The molecule has 0 heterocycles. The number of nitrogens with one attached hydrogen (secondary N) is 1. The van der Waals surface area contributed by atoms with Gasteiger partial charge in [-0.2, -0.15) is 0 Å². The molecule has 1 N–H and O–H groups in total. The average molecular weight is 159 g/mol. The van der Waals surface area contributed by atoms with Crippen LogP contribution in [0.1, 0.15) is 33.6 Å². The fraction of sp³-hybridized carbons (Fsp3) is 1.00. The van der Waals surface area contributed by atoms with Crippen LogP contribution in [0.5, 0.6) is 0 Å². The largest absolute Gasteiger partial charge is 0.374 e. The van der Waals surface area contributed by atoms with Crippen LogP contribution in [0, 0.1) is 0 Å². The second kappa shape index (κ2) is 5.56. The fourth-order valence-corrected chi connectivity index (χ4v) is 1.00. The second-order valence-corrected chi connectivity index (χ2v) is 3.18. The van der Waals surface area contributed by atoms with Crippen LogP contribution in [0.25, 0.3) is 0 Å². The van der Waals surface area contributed by atoms with E-state index < -0.39 is 0 Å². The second-order valence-electron chi connectivity index (χ2n) is 3.18. The summed E-state index contributed by atoms with van der Waals surface area (Å²) in [5.41, 5.74) is 0.0325. The number of hydrogen-bond acceptors (Lipinski definition) is 2. The highest BCUT2D eigenvalue weighted by atomic mass is 16.5. The highest BCUT2D eigenvalue weighted by molar-refractivity contribution is 4.74. The lowest BCUT2D eigenvalue weighted by Crippen LogP contribution is -2.38. The van der Waals surface area contributed by atoms with E-state index in [4.69, 9.17) is 4.74 Å². The molecule has 0 aliphatic rings. The third-order valence-electron chi connectivity index (χ3n) is 1.95. The molecule has 0 rings (SSSR count). The summed E-state index contributed by atoms with van der Waals surface area (Å²) in [4.78, 5) is 0. The first kappa shape index (κ1) is 10.9. The summed E-state index contributed by atoms with van der Waals surface area (Å²) < 4.78 is 5.71. The molecule has 0 radical (unpaired) electrons. The molecule has 0 saturated carbocycles. The Bertz CT molecular complexity index is 95.6. The van der Waals surface area contributed by atoms with Crippen molar-refractivity contribution in [2.45, 2.75) is 39.2 Å². The first-order chi connectivity index (χ1) is 5.18. The maximum Gasteiger partial charge on any atom is 0.0775 e. The predicted octanol–water partition coefficient (Wildman–Crippen LogP) is 1.80. The fourth-order valence-electron chi connectivity index (χ4n) is 1.00. The van der Waals surface area contributed by atoms with E-state index in [0.717, 1.165) is 26.0 Å². The number of likely N-dealkylation sites (N-methyl/N-ethyl adjacent to an activating group) is 1. The van der Waals surface area contributed by atoms with Gasteiger partial charge in [-0.25, -0.2) is 0 Å². The van der Waals surface area contributed by atoms with E-state index in [0.29, 0.717) is 0 Å². The molecule has 0 aromatic carbocycles. The first-order valence-corrected chi connectivity index (χ1v) is 4.47. The minimum absolute atomic E-state index is 0.0325. The molecule has 0 saturated heterocycles. The van der Waals surface area contributed by atoms with Crippen LogP contribution in [0.15, 0.2) is 0 Å². The number of hydrogen-bond donors (Lipinski definition) is 1. The van der Waals surface area contributed by atoms with Crippen LogP contribution < -0.4 is 5.32 Å². The number of ether oxygens (including phenoxy) is 1. The van der Waals surface area contributed by atoms with Gasteiger partial charge >= 0.3 is 0 Å². The molecule has 0 fully saturated rings. The van der Waals surface area contributed by atoms with E-state index in [2.05, 4.69) is 26.1 Å². The first-order valence-electron chi connectivity index (χ1n) is 4.47. The highest BCUT2D eigenvalue weighted by Gasteiger charge is 2.20. The maximum absolute atomic E-state index is 5.71. The van der Waals surface area contributed by atoms with E-state index >= 15 is 0 Å². The summed E-state index contributed by atoms with van der Waals surface area (Å²) in [6.45, 7) is 8.25. The Balaban J connectivity index is 3.68. The van der Waals surface area contributed by atoms with Gasteiger partial charge in [0.05, 0.1) is 5.60 Å². The van der Waals surface area contributed by atoms with Crippen molar-refractivity contribution < 1.29 is 4.74 Å². The molecule has 0 aromatic rings. The van der Waals surface area contributed by atoms with Crippen molar-refractivity contribution in [2.24, 2.45) is 0 Å². The zero-order valence-corrected chi connectivity index (χ0v) is 8.24. The molecule has 68 valence electrons. The van der Waals surface area contributed by atoms with Gasteiger partial charge in [-0.05, 0) is 26.8 Å². The summed E-state index contributed by atoms with van der Waals surface area (Å²) in [7, 11) is 1.96. The van der Waals surface area contributed by atoms with Crippen LogP contribution in [0.2, 0.25) is 0 Å². The van der Waals surface area contributed by atoms with Crippen LogP contribution in [-0.4, -0.2) is 25.8 Å². The lowest BCUT2D eigenvalue weighted by molar-refractivity contribution is -0.0316. The molecule has 1 unspecified atom stereocenters. The van der Waals surface area contributed by atoms with Gasteiger partial charge in [0.25, 0.3) is 0 Å². The van der Waals surface area contributed by atoms with E-state index in [9.17, 15) is 0 Å². The van der Waals surface area contributed by atoms with Crippen molar-refractivity contribution in [3.8, 4) is 0 Å². The summed E-state index contributed by atoms with van der Waals surface area (Å²) in [5.74, 6) is 0. The van der Waals surface area contributed by atoms with Crippen LogP contribution in [-0.2, 0) is 4.74 Å². The maximum atomic E-state index is 5.71. The standard InChI is InChI=1S/C9H21NO/c1-5-7-11-9(3,6-2)8-10-4/h10H,5-8H2,1-4H3. The Hall–Kier alpha value is -0.0800. The van der Waals surface area contributed by atoms with Gasteiger partial charge in [-0.3, -0.25) is 0 Å². The zero-order chi connectivity index (χ0) is 8.74. The van der Waals surface area contributed by atoms with Crippen LogP contribution in [0.3, 0.4) is 0 Å². The average Bonchev–Trinajstić information content (AvgIpc) is 2.02. The topological polar surface area (TPSA) is 21.3 Å². The zero-order valence-electron chi connectivity index (χ0n) is 8.24. The molecule has 0 bridgehead atoms.